The Morgan fingerprint density at radius 2 is 2.14 bits per heavy atom. The second-order valence-corrected chi connectivity index (χ2v) is 4.11. The number of hydrogen-bond acceptors (Lipinski definition) is 2. The average Bonchev–Trinajstić information content (AvgIpc) is 2.26. The molecule has 1 saturated carbocycles. The quantitative estimate of drug-likeness (QED) is 0.745. The van der Waals surface area contributed by atoms with Crippen LogP contribution >= 0.6 is 0 Å². The third-order valence-electron chi connectivity index (χ3n) is 2.78. The number of amides is 1. The first-order valence-corrected chi connectivity index (χ1v) is 5.41. The van der Waals surface area contributed by atoms with Gasteiger partial charge in [0.2, 0.25) is 5.91 Å². The van der Waals surface area contributed by atoms with Gasteiger partial charge in [0.1, 0.15) is 0 Å². The molecule has 1 aliphatic rings. The molecule has 14 heavy (non-hydrogen) atoms. The van der Waals surface area contributed by atoms with Gasteiger partial charge in [-0.15, -0.1) is 0 Å². The predicted octanol–water partition coefficient (Wildman–Crippen LogP) is 1.84. The fraction of sp³-hybridized carbons (Fsp3) is 0.818. The van der Waals surface area contributed by atoms with Crippen molar-refractivity contribution in [2.45, 2.75) is 39.0 Å². The van der Waals surface area contributed by atoms with Crippen LogP contribution in [0.4, 0.5) is 0 Å². The Morgan fingerprint density at radius 1 is 1.50 bits per heavy atom. The second-order valence-electron chi connectivity index (χ2n) is 4.11. The fourth-order valence-corrected chi connectivity index (χ4v) is 1.81. The molecule has 0 spiro atoms. The summed E-state index contributed by atoms with van der Waals surface area (Å²) in [5.41, 5.74) is 0. The Bertz CT molecular complexity index is 226. The summed E-state index contributed by atoms with van der Waals surface area (Å²) in [4.78, 5) is 11.6. The highest BCUT2D eigenvalue weighted by Gasteiger charge is 2.20. The molecule has 0 heterocycles. The number of rotatable bonds is 3. The summed E-state index contributed by atoms with van der Waals surface area (Å²) in [5.74, 6) is 0.268. The van der Waals surface area contributed by atoms with Crippen LogP contribution in [0.2, 0.25) is 0 Å². The van der Waals surface area contributed by atoms with E-state index in [1.807, 2.05) is 6.92 Å². The fourth-order valence-electron chi connectivity index (χ4n) is 1.81. The highest BCUT2D eigenvalue weighted by Crippen LogP contribution is 2.23. The molecule has 0 aliphatic heterocycles. The van der Waals surface area contributed by atoms with Crippen LogP contribution in [0.15, 0.2) is 0 Å². The van der Waals surface area contributed by atoms with E-state index >= 15 is 0 Å². The molecule has 78 valence electrons. The lowest BCUT2D eigenvalue weighted by atomic mass is 9.88. The van der Waals surface area contributed by atoms with E-state index in [2.05, 4.69) is 11.4 Å². The van der Waals surface area contributed by atoms with Gasteiger partial charge < -0.3 is 5.32 Å². The highest BCUT2D eigenvalue weighted by molar-refractivity contribution is 5.78. The zero-order chi connectivity index (χ0) is 10.4. The monoisotopic (exact) mass is 194 g/mol. The van der Waals surface area contributed by atoms with Crippen LogP contribution in [0.1, 0.15) is 39.0 Å². The predicted molar refractivity (Wildman–Crippen MR) is 54.4 cm³/mol. The maximum Gasteiger partial charge on any atom is 0.223 e. The van der Waals surface area contributed by atoms with Crippen LogP contribution in [0.5, 0.6) is 0 Å². The molecular weight excluding hydrogens is 176 g/mol. The molecule has 1 aliphatic carbocycles. The summed E-state index contributed by atoms with van der Waals surface area (Å²) in [7, 11) is 0. The number of hydrogen-bond donors (Lipinski definition) is 1. The van der Waals surface area contributed by atoms with Crippen LogP contribution in [0.3, 0.4) is 0 Å². The van der Waals surface area contributed by atoms with Crippen molar-refractivity contribution in [2.24, 2.45) is 11.8 Å². The summed E-state index contributed by atoms with van der Waals surface area (Å²) in [6.07, 6.45) is 5.65. The zero-order valence-electron chi connectivity index (χ0n) is 8.75. The van der Waals surface area contributed by atoms with Gasteiger partial charge in [0, 0.05) is 12.5 Å². The van der Waals surface area contributed by atoms with E-state index in [0.29, 0.717) is 6.54 Å². The molecule has 3 nitrogen and oxygen atoms in total. The van der Waals surface area contributed by atoms with Gasteiger partial charge in [0.25, 0.3) is 0 Å². The van der Waals surface area contributed by atoms with Crippen molar-refractivity contribution in [2.75, 3.05) is 6.54 Å². The van der Waals surface area contributed by atoms with Gasteiger partial charge in [0.15, 0.2) is 0 Å². The summed E-state index contributed by atoms with van der Waals surface area (Å²) >= 11 is 0. The van der Waals surface area contributed by atoms with E-state index in [1.165, 1.54) is 19.3 Å². The van der Waals surface area contributed by atoms with Crippen molar-refractivity contribution in [3.63, 3.8) is 0 Å². The number of nitrogens with zero attached hydrogens (tertiary/aromatic N) is 1. The molecule has 0 aromatic carbocycles. The van der Waals surface area contributed by atoms with E-state index in [1.54, 1.807) is 0 Å². The van der Waals surface area contributed by atoms with E-state index in [0.717, 1.165) is 12.8 Å². The average molecular weight is 194 g/mol. The lowest BCUT2D eigenvalue weighted by Gasteiger charge is -2.20. The van der Waals surface area contributed by atoms with Crippen molar-refractivity contribution in [1.29, 1.82) is 5.26 Å². The molecule has 1 unspecified atom stereocenters. The molecule has 0 saturated heterocycles. The SMILES string of the molecule is CC(C#N)CNC(=O)C1CCCCC1. The van der Waals surface area contributed by atoms with Gasteiger partial charge in [-0.3, -0.25) is 4.79 Å². The lowest BCUT2D eigenvalue weighted by molar-refractivity contribution is -0.126. The van der Waals surface area contributed by atoms with Gasteiger partial charge >= 0.3 is 0 Å². The Labute approximate surface area is 85.5 Å². The van der Waals surface area contributed by atoms with Crippen LogP contribution in [0, 0.1) is 23.2 Å². The van der Waals surface area contributed by atoms with Crippen LogP contribution in [-0.4, -0.2) is 12.5 Å². The standard InChI is InChI=1S/C11H18N2O/c1-9(7-12)8-13-11(14)10-5-3-2-4-6-10/h9-10H,2-6,8H2,1H3,(H,13,14). The molecule has 3 heteroatoms. The summed E-state index contributed by atoms with van der Waals surface area (Å²) in [5, 5.41) is 11.4. The van der Waals surface area contributed by atoms with Crippen molar-refractivity contribution in [3.8, 4) is 6.07 Å². The molecule has 1 fully saturated rings. The molecule has 1 atom stereocenters. The molecular formula is C11H18N2O. The van der Waals surface area contributed by atoms with Crippen LogP contribution in [-0.2, 0) is 4.79 Å². The summed E-state index contributed by atoms with van der Waals surface area (Å²) in [6.45, 7) is 2.31. The number of nitriles is 1. The minimum Gasteiger partial charge on any atom is -0.355 e. The third-order valence-corrected chi connectivity index (χ3v) is 2.78. The molecule has 1 N–H and O–H groups in total. The molecule has 1 amide bonds. The number of carbonyl (C=O) groups excluding carboxylic acids is 1. The van der Waals surface area contributed by atoms with Crippen molar-refractivity contribution in [1.82, 2.24) is 5.32 Å². The highest BCUT2D eigenvalue weighted by atomic mass is 16.1. The van der Waals surface area contributed by atoms with Crippen molar-refractivity contribution in [3.05, 3.63) is 0 Å². The summed E-state index contributed by atoms with van der Waals surface area (Å²) < 4.78 is 0. The van der Waals surface area contributed by atoms with Crippen LogP contribution in [0.25, 0.3) is 0 Å². The maximum atomic E-state index is 11.6. The maximum absolute atomic E-state index is 11.6. The smallest absolute Gasteiger partial charge is 0.223 e. The third kappa shape index (κ3) is 3.37. The van der Waals surface area contributed by atoms with Gasteiger partial charge in [-0.1, -0.05) is 19.3 Å². The second kappa shape index (κ2) is 5.64. The van der Waals surface area contributed by atoms with E-state index in [4.69, 9.17) is 5.26 Å². The first kappa shape index (κ1) is 11.0. The zero-order valence-corrected chi connectivity index (χ0v) is 8.75. The minimum atomic E-state index is -0.0810. The number of carbonyl (C=O) groups is 1. The minimum absolute atomic E-state index is 0.0810. The first-order valence-electron chi connectivity index (χ1n) is 5.41. The van der Waals surface area contributed by atoms with Gasteiger partial charge in [-0.25, -0.2) is 0 Å². The molecule has 1 rings (SSSR count). The largest absolute Gasteiger partial charge is 0.355 e. The van der Waals surface area contributed by atoms with E-state index in [9.17, 15) is 4.79 Å². The van der Waals surface area contributed by atoms with Crippen molar-refractivity contribution < 1.29 is 4.79 Å². The summed E-state index contributed by atoms with van der Waals surface area (Å²) in [6, 6.07) is 2.11. The van der Waals surface area contributed by atoms with Crippen LogP contribution < -0.4 is 5.32 Å². The van der Waals surface area contributed by atoms with Crippen molar-refractivity contribution >= 4 is 5.91 Å². The Morgan fingerprint density at radius 3 is 2.71 bits per heavy atom. The molecule has 0 bridgehead atoms. The first-order chi connectivity index (χ1) is 6.74. The lowest BCUT2D eigenvalue weighted by Crippen LogP contribution is -2.34. The van der Waals surface area contributed by atoms with Gasteiger partial charge in [0.05, 0.1) is 12.0 Å². The van der Waals surface area contributed by atoms with Gasteiger partial charge in [-0.05, 0) is 19.8 Å². The van der Waals surface area contributed by atoms with Gasteiger partial charge in [-0.2, -0.15) is 5.26 Å². The normalized spacial score (nSPS) is 19.7. The Hall–Kier alpha value is -1.04. The molecule has 0 aromatic heterocycles. The van der Waals surface area contributed by atoms with E-state index in [-0.39, 0.29) is 17.7 Å². The Kier molecular flexibility index (Phi) is 4.45. The topological polar surface area (TPSA) is 52.9 Å². The molecule has 0 radical (unpaired) electrons. The molecule has 0 aromatic rings. The number of nitrogens with one attached hydrogen (secondary N) is 1. The Balaban J connectivity index is 2.24. The van der Waals surface area contributed by atoms with E-state index < -0.39 is 0 Å².